The third kappa shape index (κ3) is 7.95. The van der Waals surface area contributed by atoms with Gasteiger partial charge in [0.25, 0.3) is 0 Å². The van der Waals surface area contributed by atoms with Gasteiger partial charge in [0.1, 0.15) is 0 Å². The maximum absolute atomic E-state index is 5.68. The van der Waals surface area contributed by atoms with Crippen LogP contribution >= 0.6 is 24.0 Å². The van der Waals surface area contributed by atoms with Gasteiger partial charge in [-0.3, -0.25) is 4.90 Å². The zero-order valence-electron chi connectivity index (χ0n) is 16.6. The summed E-state index contributed by atoms with van der Waals surface area (Å²) in [6, 6.07) is 8.93. The van der Waals surface area contributed by atoms with Crippen molar-refractivity contribution in [3.8, 4) is 0 Å². The van der Waals surface area contributed by atoms with Crippen LogP contribution in [0.5, 0.6) is 0 Å². The van der Waals surface area contributed by atoms with Crippen LogP contribution in [0.3, 0.4) is 0 Å². The molecule has 27 heavy (non-hydrogen) atoms. The molecule has 5 nitrogen and oxygen atoms in total. The highest BCUT2D eigenvalue weighted by Crippen LogP contribution is 2.15. The number of nitrogens with one attached hydrogen (secondary N) is 2. The van der Waals surface area contributed by atoms with Gasteiger partial charge in [-0.2, -0.15) is 0 Å². The van der Waals surface area contributed by atoms with E-state index in [1.807, 2.05) is 0 Å². The molecule has 2 saturated heterocycles. The summed E-state index contributed by atoms with van der Waals surface area (Å²) < 4.78 is 5.68. The largest absolute Gasteiger partial charge is 0.378 e. The summed E-state index contributed by atoms with van der Waals surface area (Å²) in [5, 5.41) is 6.76. The van der Waals surface area contributed by atoms with E-state index in [1.165, 1.54) is 49.9 Å². The third-order valence-corrected chi connectivity index (χ3v) is 5.17. The monoisotopic (exact) mass is 486 g/mol. The minimum absolute atomic E-state index is 0. The molecule has 6 heteroatoms. The van der Waals surface area contributed by atoms with E-state index in [0.29, 0.717) is 12.6 Å². The summed E-state index contributed by atoms with van der Waals surface area (Å²) in [4.78, 5) is 7.26. The third-order valence-electron chi connectivity index (χ3n) is 5.17. The van der Waals surface area contributed by atoms with Crippen molar-refractivity contribution in [3.63, 3.8) is 0 Å². The second-order valence-corrected chi connectivity index (χ2v) is 7.35. The molecule has 1 aromatic carbocycles. The molecular formula is C21H35IN4O. The van der Waals surface area contributed by atoms with Crippen LogP contribution in [0.1, 0.15) is 50.2 Å². The molecule has 1 unspecified atom stereocenters. The quantitative estimate of drug-likeness (QED) is 0.336. The van der Waals surface area contributed by atoms with Gasteiger partial charge in [0.2, 0.25) is 0 Å². The summed E-state index contributed by atoms with van der Waals surface area (Å²) >= 11 is 0. The van der Waals surface area contributed by atoms with E-state index < -0.39 is 0 Å². The van der Waals surface area contributed by atoms with Crippen LogP contribution in [0.15, 0.2) is 29.3 Å². The van der Waals surface area contributed by atoms with Crippen molar-refractivity contribution in [3.05, 3.63) is 35.4 Å². The lowest BCUT2D eigenvalue weighted by Crippen LogP contribution is -2.38. The van der Waals surface area contributed by atoms with Gasteiger partial charge in [-0.1, -0.05) is 24.3 Å². The first-order chi connectivity index (χ1) is 12.8. The van der Waals surface area contributed by atoms with E-state index in [0.717, 1.165) is 38.6 Å². The first kappa shape index (κ1) is 22.4. The Hall–Kier alpha value is -0.860. The fourth-order valence-corrected chi connectivity index (χ4v) is 3.68. The Morgan fingerprint density at radius 1 is 1.11 bits per heavy atom. The Labute approximate surface area is 181 Å². The molecular weight excluding hydrogens is 451 g/mol. The van der Waals surface area contributed by atoms with Crippen molar-refractivity contribution in [2.75, 3.05) is 32.8 Å². The molecule has 0 spiro atoms. The minimum Gasteiger partial charge on any atom is -0.378 e. The zero-order valence-corrected chi connectivity index (χ0v) is 18.9. The van der Waals surface area contributed by atoms with Crippen molar-refractivity contribution in [1.29, 1.82) is 0 Å². The van der Waals surface area contributed by atoms with Gasteiger partial charge >= 0.3 is 0 Å². The first-order valence-electron chi connectivity index (χ1n) is 10.3. The molecule has 2 heterocycles. The Morgan fingerprint density at radius 3 is 2.52 bits per heavy atom. The van der Waals surface area contributed by atoms with Gasteiger partial charge in [-0.05, 0) is 63.2 Å². The zero-order chi connectivity index (χ0) is 18.0. The van der Waals surface area contributed by atoms with Crippen LogP contribution in [-0.2, 0) is 17.8 Å². The molecule has 1 atom stereocenters. The highest BCUT2D eigenvalue weighted by molar-refractivity contribution is 14.0. The second kappa shape index (κ2) is 12.6. The van der Waals surface area contributed by atoms with Crippen LogP contribution in [0, 0.1) is 0 Å². The predicted octanol–water partition coefficient (Wildman–Crippen LogP) is 3.52. The number of aliphatic imine (C=N–C) groups is 1. The van der Waals surface area contributed by atoms with Gasteiger partial charge < -0.3 is 15.4 Å². The van der Waals surface area contributed by atoms with Crippen LogP contribution < -0.4 is 10.6 Å². The molecule has 0 saturated carbocycles. The van der Waals surface area contributed by atoms with Crippen LogP contribution in [0.25, 0.3) is 0 Å². The molecule has 2 aliphatic heterocycles. The maximum Gasteiger partial charge on any atom is 0.191 e. The van der Waals surface area contributed by atoms with Crippen molar-refractivity contribution < 1.29 is 4.74 Å². The molecule has 2 aliphatic rings. The number of halogens is 1. The van der Waals surface area contributed by atoms with Gasteiger partial charge in [0.15, 0.2) is 5.96 Å². The Bertz CT molecular complexity index is 552. The number of guanidine groups is 1. The fraction of sp³-hybridized carbons (Fsp3) is 0.667. The van der Waals surface area contributed by atoms with Gasteiger partial charge in [0, 0.05) is 26.2 Å². The second-order valence-electron chi connectivity index (χ2n) is 7.35. The summed E-state index contributed by atoms with van der Waals surface area (Å²) in [5.74, 6) is 0.895. The molecule has 152 valence electrons. The molecule has 2 N–H and O–H groups in total. The van der Waals surface area contributed by atoms with Crippen LogP contribution in [0.4, 0.5) is 0 Å². The van der Waals surface area contributed by atoms with Gasteiger partial charge in [-0.25, -0.2) is 4.99 Å². The lowest BCUT2D eigenvalue weighted by Gasteiger charge is -2.15. The number of ether oxygens (including phenoxy) is 1. The van der Waals surface area contributed by atoms with E-state index in [2.05, 4.69) is 46.7 Å². The normalized spacial score (nSPS) is 20.5. The van der Waals surface area contributed by atoms with Crippen molar-refractivity contribution >= 4 is 29.9 Å². The van der Waals surface area contributed by atoms with Crippen LogP contribution in [0.2, 0.25) is 0 Å². The van der Waals surface area contributed by atoms with Gasteiger partial charge in [0.05, 0.1) is 12.6 Å². The summed E-state index contributed by atoms with van der Waals surface area (Å²) in [5.41, 5.74) is 2.66. The molecule has 0 bridgehead atoms. The maximum atomic E-state index is 5.68. The SMILES string of the molecule is CCNC(=NCc1ccc(CN2CCCC2)cc1)NCCC1CCCO1.I. The summed E-state index contributed by atoms with van der Waals surface area (Å²) in [6.07, 6.45) is 6.56. The Kier molecular flexibility index (Phi) is 10.4. The molecule has 0 aliphatic carbocycles. The standard InChI is InChI=1S/C21H34N4O.HI/c1-2-22-21(23-12-11-20-6-5-15-26-20)24-16-18-7-9-19(10-8-18)17-25-13-3-4-14-25;/h7-10,20H,2-6,11-17H2,1H3,(H2,22,23,24);1H. The molecule has 3 rings (SSSR count). The smallest absolute Gasteiger partial charge is 0.191 e. The molecule has 0 radical (unpaired) electrons. The molecule has 1 aromatic rings. The average molecular weight is 486 g/mol. The summed E-state index contributed by atoms with van der Waals surface area (Å²) in [7, 11) is 0. The number of nitrogens with zero attached hydrogens (tertiary/aromatic N) is 2. The van der Waals surface area contributed by atoms with Crippen molar-refractivity contribution in [2.24, 2.45) is 4.99 Å². The lowest BCUT2D eigenvalue weighted by atomic mass is 10.1. The lowest BCUT2D eigenvalue weighted by molar-refractivity contribution is 0.105. The fourth-order valence-electron chi connectivity index (χ4n) is 3.68. The highest BCUT2D eigenvalue weighted by atomic mass is 127. The summed E-state index contributed by atoms with van der Waals surface area (Å²) in [6.45, 7) is 9.09. The van der Waals surface area contributed by atoms with E-state index in [-0.39, 0.29) is 24.0 Å². The topological polar surface area (TPSA) is 48.9 Å². The number of benzene rings is 1. The van der Waals surface area contributed by atoms with Crippen LogP contribution in [-0.4, -0.2) is 49.7 Å². The molecule has 2 fully saturated rings. The molecule has 0 amide bonds. The number of hydrogen-bond donors (Lipinski definition) is 2. The Morgan fingerprint density at radius 2 is 1.85 bits per heavy atom. The minimum atomic E-state index is 0. The van der Waals surface area contributed by atoms with Gasteiger partial charge in [-0.15, -0.1) is 24.0 Å². The number of hydrogen-bond acceptors (Lipinski definition) is 3. The number of rotatable bonds is 8. The first-order valence-corrected chi connectivity index (χ1v) is 10.3. The van der Waals surface area contributed by atoms with E-state index in [4.69, 9.17) is 9.73 Å². The predicted molar refractivity (Wildman–Crippen MR) is 123 cm³/mol. The van der Waals surface area contributed by atoms with E-state index >= 15 is 0 Å². The Balaban J connectivity index is 0.00000261. The molecule has 0 aromatic heterocycles. The average Bonchev–Trinajstić information content (AvgIpc) is 3.35. The highest BCUT2D eigenvalue weighted by Gasteiger charge is 2.15. The number of likely N-dealkylation sites (tertiary alicyclic amines) is 1. The van der Waals surface area contributed by atoms with E-state index in [9.17, 15) is 0 Å². The van der Waals surface area contributed by atoms with Crippen molar-refractivity contribution in [2.45, 2.75) is 58.2 Å². The van der Waals surface area contributed by atoms with Crippen molar-refractivity contribution in [1.82, 2.24) is 15.5 Å². The van der Waals surface area contributed by atoms with E-state index in [1.54, 1.807) is 0 Å².